The quantitative estimate of drug-likeness (QED) is 0.503. The minimum absolute atomic E-state index is 0.0313. The van der Waals surface area contributed by atoms with E-state index in [4.69, 9.17) is 4.74 Å². The number of fused-ring (bicyclic) bond motifs is 1. The molecule has 1 aromatic heterocycles. The van der Waals surface area contributed by atoms with Crippen molar-refractivity contribution in [1.82, 2.24) is 15.3 Å². The third-order valence-corrected chi connectivity index (χ3v) is 7.83. The monoisotopic (exact) mass is 523 g/mol. The van der Waals surface area contributed by atoms with Gasteiger partial charge in [-0.1, -0.05) is 25.3 Å². The number of halogens is 3. The molecule has 3 aliphatic rings. The molecule has 6 rings (SSSR count). The number of anilines is 2. The highest BCUT2D eigenvalue weighted by Gasteiger charge is 2.29. The average molecular weight is 524 g/mol. The van der Waals surface area contributed by atoms with E-state index in [1.54, 1.807) is 12.1 Å². The van der Waals surface area contributed by atoms with Crippen LogP contribution in [0.2, 0.25) is 0 Å². The highest BCUT2D eigenvalue weighted by Crippen LogP contribution is 2.41. The van der Waals surface area contributed by atoms with E-state index in [0.717, 1.165) is 58.1 Å². The summed E-state index contributed by atoms with van der Waals surface area (Å²) in [6.45, 7) is 4.24. The van der Waals surface area contributed by atoms with Crippen molar-refractivity contribution in [3.05, 3.63) is 65.4 Å². The van der Waals surface area contributed by atoms with Gasteiger partial charge in [0.15, 0.2) is 17.4 Å². The Balaban J connectivity index is 1.28. The fraction of sp³-hybridized carbons (Fsp3) is 0.448. The van der Waals surface area contributed by atoms with Crippen LogP contribution in [-0.2, 0) is 6.42 Å². The molecule has 3 aromatic rings. The summed E-state index contributed by atoms with van der Waals surface area (Å²) in [5.41, 5.74) is 2.29. The van der Waals surface area contributed by atoms with Gasteiger partial charge in [0.05, 0.1) is 24.1 Å². The Morgan fingerprint density at radius 2 is 1.71 bits per heavy atom. The molecule has 3 heterocycles. The molecule has 9 heteroatoms. The van der Waals surface area contributed by atoms with Crippen molar-refractivity contribution in [3.8, 4) is 17.0 Å². The Morgan fingerprint density at radius 3 is 2.50 bits per heavy atom. The van der Waals surface area contributed by atoms with Gasteiger partial charge in [0.1, 0.15) is 23.9 Å². The van der Waals surface area contributed by atoms with Crippen LogP contribution in [0.25, 0.3) is 11.3 Å². The SMILES string of the molecule is Fc1cc(Cc2ncc(F)c(-c3cc(F)c4c(c3)N(C3CCCCC3)CCO4)n2)ccc1N1CCNCC1. The number of nitrogens with one attached hydrogen (secondary N) is 1. The van der Waals surface area contributed by atoms with Gasteiger partial charge in [0, 0.05) is 44.2 Å². The lowest BCUT2D eigenvalue weighted by Crippen LogP contribution is -2.43. The maximum atomic E-state index is 15.2. The number of hydrogen-bond donors (Lipinski definition) is 1. The molecule has 0 amide bonds. The normalized spacial score (nSPS) is 18.3. The Bertz CT molecular complexity index is 1310. The summed E-state index contributed by atoms with van der Waals surface area (Å²) in [5, 5.41) is 3.27. The van der Waals surface area contributed by atoms with E-state index in [0.29, 0.717) is 47.5 Å². The zero-order valence-electron chi connectivity index (χ0n) is 21.4. The summed E-state index contributed by atoms with van der Waals surface area (Å²) in [6.07, 6.45) is 6.98. The first-order valence-electron chi connectivity index (χ1n) is 13.6. The summed E-state index contributed by atoms with van der Waals surface area (Å²) in [6, 6.07) is 8.50. The second kappa shape index (κ2) is 10.8. The molecule has 0 radical (unpaired) electrons. The molecule has 200 valence electrons. The van der Waals surface area contributed by atoms with Crippen molar-refractivity contribution in [2.24, 2.45) is 0 Å². The number of piperazine rings is 1. The van der Waals surface area contributed by atoms with Gasteiger partial charge in [0.25, 0.3) is 0 Å². The van der Waals surface area contributed by atoms with E-state index in [2.05, 4.69) is 20.2 Å². The topological polar surface area (TPSA) is 53.5 Å². The van der Waals surface area contributed by atoms with Gasteiger partial charge < -0.3 is 19.9 Å². The number of aromatic nitrogens is 2. The van der Waals surface area contributed by atoms with Crippen LogP contribution in [0.4, 0.5) is 24.5 Å². The molecule has 1 saturated heterocycles. The number of benzene rings is 2. The Labute approximate surface area is 220 Å². The molecule has 0 atom stereocenters. The van der Waals surface area contributed by atoms with Crippen LogP contribution >= 0.6 is 0 Å². The molecule has 0 unspecified atom stereocenters. The lowest BCUT2D eigenvalue weighted by Gasteiger charge is -2.39. The molecule has 2 aromatic carbocycles. The first-order valence-corrected chi connectivity index (χ1v) is 13.6. The van der Waals surface area contributed by atoms with Crippen molar-refractivity contribution in [3.63, 3.8) is 0 Å². The molecule has 2 aliphatic heterocycles. The summed E-state index contributed by atoms with van der Waals surface area (Å²) >= 11 is 0. The number of rotatable bonds is 5. The zero-order valence-corrected chi connectivity index (χ0v) is 21.4. The van der Waals surface area contributed by atoms with Crippen LogP contribution in [0.3, 0.4) is 0 Å². The molecular weight excluding hydrogens is 491 g/mol. The number of ether oxygens (including phenoxy) is 1. The summed E-state index contributed by atoms with van der Waals surface area (Å²) in [4.78, 5) is 12.8. The Kier molecular flexibility index (Phi) is 7.10. The minimum Gasteiger partial charge on any atom is -0.486 e. The van der Waals surface area contributed by atoms with Crippen LogP contribution in [0, 0.1) is 17.5 Å². The van der Waals surface area contributed by atoms with Crippen molar-refractivity contribution in [2.45, 2.75) is 44.6 Å². The summed E-state index contributed by atoms with van der Waals surface area (Å²) in [5.74, 6) is -0.890. The van der Waals surface area contributed by atoms with Crippen LogP contribution in [-0.4, -0.2) is 55.3 Å². The maximum Gasteiger partial charge on any atom is 0.178 e. The van der Waals surface area contributed by atoms with Gasteiger partial charge in [-0.3, -0.25) is 0 Å². The molecule has 2 fully saturated rings. The first-order chi connectivity index (χ1) is 18.6. The maximum absolute atomic E-state index is 15.2. The van der Waals surface area contributed by atoms with Crippen LogP contribution in [0.5, 0.6) is 5.75 Å². The predicted octanol–water partition coefficient (Wildman–Crippen LogP) is 5.09. The van der Waals surface area contributed by atoms with E-state index in [-0.39, 0.29) is 23.7 Å². The second-order valence-corrected chi connectivity index (χ2v) is 10.3. The molecule has 1 aliphatic carbocycles. The molecule has 1 saturated carbocycles. The minimum atomic E-state index is -0.630. The number of nitrogens with zero attached hydrogens (tertiary/aromatic N) is 4. The lowest BCUT2D eigenvalue weighted by atomic mass is 9.93. The number of hydrogen-bond acceptors (Lipinski definition) is 6. The summed E-state index contributed by atoms with van der Waals surface area (Å²) < 4.78 is 50.8. The highest BCUT2D eigenvalue weighted by molar-refractivity contribution is 5.72. The van der Waals surface area contributed by atoms with Gasteiger partial charge in [-0.2, -0.15) is 0 Å². The second-order valence-electron chi connectivity index (χ2n) is 10.3. The van der Waals surface area contributed by atoms with E-state index in [1.165, 1.54) is 18.6 Å². The van der Waals surface area contributed by atoms with Crippen molar-refractivity contribution >= 4 is 11.4 Å². The van der Waals surface area contributed by atoms with Crippen molar-refractivity contribution in [2.75, 3.05) is 49.1 Å². The molecule has 6 nitrogen and oxygen atoms in total. The van der Waals surface area contributed by atoms with Gasteiger partial charge in [0.2, 0.25) is 0 Å². The van der Waals surface area contributed by atoms with Crippen LogP contribution < -0.4 is 19.9 Å². The van der Waals surface area contributed by atoms with Crippen molar-refractivity contribution in [1.29, 1.82) is 0 Å². The molecule has 0 spiro atoms. The highest BCUT2D eigenvalue weighted by atomic mass is 19.1. The first kappa shape index (κ1) is 25.0. The van der Waals surface area contributed by atoms with E-state index in [9.17, 15) is 8.78 Å². The predicted molar refractivity (Wildman–Crippen MR) is 141 cm³/mol. The summed E-state index contributed by atoms with van der Waals surface area (Å²) in [7, 11) is 0. The third kappa shape index (κ3) is 5.04. The van der Waals surface area contributed by atoms with Gasteiger partial charge in [-0.25, -0.2) is 23.1 Å². The molecule has 1 N–H and O–H groups in total. The van der Waals surface area contributed by atoms with Crippen molar-refractivity contribution < 1.29 is 17.9 Å². The van der Waals surface area contributed by atoms with Gasteiger partial charge in [-0.15, -0.1) is 0 Å². The molecule has 38 heavy (non-hydrogen) atoms. The van der Waals surface area contributed by atoms with Crippen LogP contribution in [0.1, 0.15) is 43.5 Å². The molecular formula is C29H32F3N5O. The smallest absolute Gasteiger partial charge is 0.178 e. The standard InChI is InChI=1S/C29H32F3N5O/c30-22-14-19(6-7-25(22)36-10-8-33-9-11-36)15-27-34-18-24(32)28(35-27)20-16-23(31)29-26(17-20)37(12-13-38-29)21-4-2-1-3-5-21/h6-7,14,16-18,21,33H,1-5,8-13,15H2. The Hall–Kier alpha value is -3.33. The van der Waals surface area contributed by atoms with E-state index in [1.807, 2.05) is 11.0 Å². The van der Waals surface area contributed by atoms with Crippen LogP contribution in [0.15, 0.2) is 36.5 Å². The third-order valence-electron chi connectivity index (χ3n) is 7.83. The van der Waals surface area contributed by atoms with E-state index >= 15 is 4.39 Å². The Morgan fingerprint density at radius 1 is 0.895 bits per heavy atom. The van der Waals surface area contributed by atoms with Gasteiger partial charge in [-0.05, 0) is 42.7 Å². The van der Waals surface area contributed by atoms with Gasteiger partial charge >= 0.3 is 0 Å². The molecule has 0 bridgehead atoms. The average Bonchev–Trinajstić information content (AvgIpc) is 2.95. The zero-order chi connectivity index (χ0) is 26.1. The lowest BCUT2D eigenvalue weighted by molar-refractivity contribution is 0.276. The fourth-order valence-corrected chi connectivity index (χ4v) is 5.91. The van der Waals surface area contributed by atoms with E-state index < -0.39 is 11.6 Å². The largest absolute Gasteiger partial charge is 0.486 e. The fourth-order valence-electron chi connectivity index (χ4n) is 5.91.